The van der Waals surface area contributed by atoms with Crippen LogP contribution >= 0.6 is 27.3 Å². The van der Waals surface area contributed by atoms with Gasteiger partial charge in [0.1, 0.15) is 0 Å². The number of benzene rings is 1. The Hall–Kier alpha value is -1.17. The standard InChI is InChI=1S/C18H19BrN2OS/c19-14-3-1-2-13(12-14)16-6-11-23-17(16)18(22)21-10-9-20-7-4-15(21)5-8-20/h1-3,6,11-12,15H,4-5,7-10H2. The van der Waals surface area contributed by atoms with Gasteiger partial charge in [-0.2, -0.15) is 0 Å². The molecule has 0 spiro atoms. The summed E-state index contributed by atoms with van der Waals surface area (Å²) < 4.78 is 1.04. The molecular weight excluding hydrogens is 372 g/mol. The number of thiophene rings is 1. The first-order valence-corrected chi connectivity index (χ1v) is 9.76. The van der Waals surface area contributed by atoms with Gasteiger partial charge in [-0.15, -0.1) is 11.3 Å². The van der Waals surface area contributed by atoms with E-state index in [0.29, 0.717) is 6.04 Å². The molecule has 0 saturated carbocycles. The van der Waals surface area contributed by atoms with Gasteiger partial charge in [-0.3, -0.25) is 4.79 Å². The molecule has 23 heavy (non-hydrogen) atoms. The Kier molecular flexibility index (Phi) is 4.26. The maximum Gasteiger partial charge on any atom is 0.264 e. The largest absolute Gasteiger partial charge is 0.334 e. The molecule has 3 aliphatic heterocycles. The van der Waals surface area contributed by atoms with Gasteiger partial charge in [0.05, 0.1) is 4.88 Å². The Morgan fingerprint density at radius 3 is 2.74 bits per heavy atom. The molecule has 120 valence electrons. The van der Waals surface area contributed by atoms with Crippen molar-refractivity contribution in [3.8, 4) is 11.1 Å². The number of rotatable bonds is 2. The van der Waals surface area contributed by atoms with Crippen molar-refractivity contribution in [3.63, 3.8) is 0 Å². The lowest BCUT2D eigenvalue weighted by Crippen LogP contribution is -2.41. The van der Waals surface area contributed by atoms with Gasteiger partial charge in [0.2, 0.25) is 0 Å². The number of piperidine rings is 1. The van der Waals surface area contributed by atoms with E-state index in [9.17, 15) is 4.79 Å². The van der Waals surface area contributed by atoms with Crippen molar-refractivity contribution in [1.82, 2.24) is 9.80 Å². The molecule has 1 aromatic carbocycles. The fourth-order valence-electron chi connectivity index (χ4n) is 3.64. The van der Waals surface area contributed by atoms with Gasteiger partial charge in [-0.05, 0) is 42.0 Å². The number of hydrogen-bond donors (Lipinski definition) is 0. The van der Waals surface area contributed by atoms with E-state index >= 15 is 0 Å². The molecule has 0 radical (unpaired) electrons. The second-order valence-electron chi connectivity index (χ2n) is 6.25. The van der Waals surface area contributed by atoms with E-state index < -0.39 is 0 Å². The van der Waals surface area contributed by atoms with Gasteiger partial charge in [-0.25, -0.2) is 0 Å². The van der Waals surface area contributed by atoms with E-state index in [1.54, 1.807) is 11.3 Å². The predicted molar refractivity (Wildman–Crippen MR) is 98.0 cm³/mol. The maximum absolute atomic E-state index is 13.2. The number of hydrogen-bond acceptors (Lipinski definition) is 3. The third-order valence-corrected chi connectivity index (χ3v) is 6.31. The summed E-state index contributed by atoms with van der Waals surface area (Å²) in [5, 5.41) is 2.03. The fourth-order valence-corrected chi connectivity index (χ4v) is 4.91. The normalized spacial score (nSPS) is 23.8. The lowest BCUT2D eigenvalue weighted by atomic mass is 10.0. The van der Waals surface area contributed by atoms with E-state index in [-0.39, 0.29) is 5.91 Å². The maximum atomic E-state index is 13.2. The quantitative estimate of drug-likeness (QED) is 0.770. The van der Waals surface area contributed by atoms with Crippen molar-refractivity contribution >= 4 is 33.2 Å². The summed E-state index contributed by atoms with van der Waals surface area (Å²) in [6, 6.07) is 10.7. The monoisotopic (exact) mass is 390 g/mol. The number of nitrogens with zero attached hydrogens (tertiary/aromatic N) is 2. The summed E-state index contributed by atoms with van der Waals surface area (Å²) >= 11 is 5.09. The van der Waals surface area contributed by atoms with E-state index in [0.717, 1.165) is 59.5 Å². The van der Waals surface area contributed by atoms with Crippen LogP contribution in [0.5, 0.6) is 0 Å². The van der Waals surface area contributed by atoms with Crippen LogP contribution < -0.4 is 0 Å². The summed E-state index contributed by atoms with van der Waals surface area (Å²) in [5.74, 6) is 0.212. The molecule has 1 amide bonds. The van der Waals surface area contributed by atoms with Gasteiger partial charge >= 0.3 is 0 Å². The van der Waals surface area contributed by atoms with E-state index in [1.165, 1.54) is 0 Å². The molecule has 5 heteroatoms. The molecular formula is C18H19BrN2OS. The van der Waals surface area contributed by atoms with Crippen LogP contribution in [0, 0.1) is 0 Å². The lowest BCUT2D eigenvalue weighted by molar-refractivity contribution is 0.0690. The zero-order valence-corrected chi connectivity index (χ0v) is 15.3. The summed E-state index contributed by atoms with van der Waals surface area (Å²) in [7, 11) is 0. The predicted octanol–water partition coefficient (Wildman–Crippen LogP) is 4.10. The zero-order valence-electron chi connectivity index (χ0n) is 12.9. The Morgan fingerprint density at radius 2 is 1.96 bits per heavy atom. The second-order valence-corrected chi connectivity index (χ2v) is 8.08. The molecule has 3 nitrogen and oxygen atoms in total. The Morgan fingerprint density at radius 1 is 1.13 bits per heavy atom. The molecule has 0 atom stereocenters. The Balaban J connectivity index is 1.66. The highest BCUT2D eigenvalue weighted by molar-refractivity contribution is 9.10. The van der Waals surface area contributed by atoms with Gasteiger partial charge < -0.3 is 9.80 Å². The van der Waals surface area contributed by atoms with E-state index in [1.807, 2.05) is 17.5 Å². The molecule has 1 aromatic heterocycles. The minimum atomic E-state index is 0.212. The summed E-state index contributed by atoms with van der Waals surface area (Å²) in [4.78, 5) is 18.7. The second kappa shape index (κ2) is 6.38. The molecule has 2 bridgehead atoms. The minimum Gasteiger partial charge on any atom is -0.334 e. The molecule has 0 N–H and O–H groups in total. The molecule has 4 heterocycles. The molecule has 3 fully saturated rings. The summed E-state index contributed by atoms with van der Waals surface area (Å²) in [6.45, 7) is 4.15. The highest BCUT2D eigenvalue weighted by Crippen LogP contribution is 2.32. The van der Waals surface area contributed by atoms with Crippen LogP contribution in [0.2, 0.25) is 0 Å². The third kappa shape index (κ3) is 2.97. The molecule has 0 unspecified atom stereocenters. The van der Waals surface area contributed by atoms with Gasteiger partial charge in [0.25, 0.3) is 5.91 Å². The van der Waals surface area contributed by atoms with E-state index in [4.69, 9.17) is 0 Å². The summed E-state index contributed by atoms with van der Waals surface area (Å²) in [6.07, 6.45) is 2.23. The Bertz CT molecular complexity index is 721. The summed E-state index contributed by atoms with van der Waals surface area (Å²) in [5.41, 5.74) is 2.16. The molecule has 2 aromatic rings. The van der Waals surface area contributed by atoms with Crippen LogP contribution in [0.15, 0.2) is 40.2 Å². The number of amides is 1. The first kappa shape index (κ1) is 15.4. The highest BCUT2D eigenvalue weighted by Gasteiger charge is 2.33. The highest BCUT2D eigenvalue weighted by atomic mass is 79.9. The molecule has 0 aliphatic carbocycles. The zero-order chi connectivity index (χ0) is 15.8. The van der Waals surface area contributed by atoms with Crippen molar-refractivity contribution in [3.05, 3.63) is 45.1 Å². The lowest BCUT2D eigenvalue weighted by Gasteiger charge is -2.31. The van der Waals surface area contributed by atoms with Crippen LogP contribution in [-0.2, 0) is 0 Å². The van der Waals surface area contributed by atoms with Crippen molar-refractivity contribution < 1.29 is 4.79 Å². The number of halogens is 1. The number of carbonyl (C=O) groups excluding carboxylic acids is 1. The minimum absolute atomic E-state index is 0.212. The molecule has 3 aliphatic rings. The van der Waals surface area contributed by atoms with Crippen LogP contribution in [0.1, 0.15) is 22.5 Å². The third-order valence-electron chi connectivity index (χ3n) is 4.91. The van der Waals surface area contributed by atoms with Gasteiger partial charge in [0.15, 0.2) is 0 Å². The van der Waals surface area contributed by atoms with Gasteiger partial charge in [-0.1, -0.05) is 28.1 Å². The first-order chi connectivity index (χ1) is 11.2. The first-order valence-electron chi connectivity index (χ1n) is 8.09. The van der Waals surface area contributed by atoms with Crippen LogP contribution in [0.4, 0.5) is 0 Å². The van der Waals surface area contributed by atoms with Crippen molar-refractivity contribution in [1.29, 1.82) is 0 Å². The van der Waals surface area contributed by atoms with Crippen LogP contribution in [-0.4, -0.2) is 47.9 Å². The SMILES string of the molecule is O=C(c1sccc1-c1cccc(Br)c1)N1CCN2CCC1CC2. The number of carbonyl (C=O) groups is 1. The van der Waals surface area contributed by atoms with Crippen molar-refractivity contribution in [2.45, 2.75) is 18.9 Å². The average Bonchev–Trinajstić information content (AvgIpc) is 2.87. The van der Waals surface area contributed by atoms with Crippen LogP contribution in [0.3, 0.4) is 0 Å². The van der Waals surface area contributed by atoms with E-state index in [2.05, 4.69) is 43.9 Å². The number of fused-ring (bicyclic) bond motifs is 4. The van der Waals surface area contributed by atoms with Crippen molar-refractivity contribution in [2.75, 3.05) is 26.2 Å². The van der Waals surface area contributed by atoms with Gasteiger partial charge in [0, 0.05) is 42.3 Å². The average molecular weight is 391 g/mol. The smallest absolute Gasteiger partial charge is 0.264 e. The Labute approximate surface area is 149 Å². The van der Waals surface area contributed by atoms with Crippen molar-refractivity contribution in [2.24, 2.45) is 0 Å². The van der Waals surface area contributed by atoms with Crippen LogP contribution in [0.25, 0.3) is 11.1 Å². The molecule has 3 saturated heterocycles. The molecule has 5 rings (SSSR count). The topological polar surface area (TPSA) is 23.6 Å². The fraction of sp³-hybridized carbons (Fsp3) is 0.389.